The molecule has 4 heteroatoms. The molecule has 2 aromatic carbocycles. The predicted molar refractivity (Wildman–Crippen MR) is 74.1 cm³/mol. The normalized spacial score (nSPS) is 17.6. The molecule has 0 saturated carbocycles. The van der Waals surface area contributed by atoms with E-state index in [-0.39, 0.29) is 11.7 Å². The standard InChI is InChI=1S/C14H14ClNO2/c1-18-12-4-2-3-9-11(17)5-10-13(14(9)12)8(6-15)7-16-10/h2-5,8,16-17H,6-7H2,1H3. The fourth-order valence-electron chi connectivity index (χ4n) is 2.66. The number of benzene rings is 2. The van der Waals surface area contributed by atoms with Crippen molar-refractivity contribution in [2.75, 3.05) is 24.9 Å². The average molecular weight is 264 g/mol. The van der Waals surface area contributed by atoms with Gasteiger partial charge in [-0.2, -0.15) is 0 Å². The number of hydrogen-bond donors (Lipinski definition) is 2. The Balaban J connectivity index is 2.41. The summed E-state index contributed by atoms with van der Waals surface area (Å²) in [5.41, 5.74) is 2.10. The molecular weight excluding hydrogens is 250 g/mol. The number of aromatic hydroxyl groups is 1. The molecule has 0 spiro atoms. The van der Waals surface area contributed by atoms with E-state index in [2.05, 4.69) is 5.32 Å². The molecular formula is C14H14ClNO2. The number of rotatable bonds is 2. The molecule has 1 unspecified atom stereocenters. The molecule has 1 atom stereocenters. The van der Waals surface area contributed by atoms with Crippen LogP contribution in [0.4, 0.5) is 5.69 Å². The van der Waals surface area contributed by atoms with E-state index in [1.165, 1.54) is 0 Å². The molecule has 1 aliphatic rings. The molecule has 2 aromatic rings. The van der Waals surface area contributed by atoms with Crippen LogP contribution in [0.5, 0.6) is 11.5 Å². The van der Waals surface area contributed by atoms with Crippen LogP contribution in [0.2, 0.25) is 0 Å². The second-order valence-corrected chi connectivity index (χ2v) is 4.78. The molecule has 3 rings (SSSR count). The van der Waals surface area contributed by atoms with Gasteiger partial charge in [-0.1, -0.05) is 12.1 Å². The first-order valence-electron chi connectivity index (χ1n) is 5.88. The molecule has 3 nitrogen and oxygen atoms in total. The lowest BCUT2D eigenvalue weighted by atomic mass is 9.94. The molecule has 18 heavy (non-hydrogen) atoms. The molecule has 1 aliphatic heterocycles. The summed E-state index contributed by atoms with van der Waals surface area (Å²) < 4.78 is 5.42. The van der Waals surface area contributed by atoms with Crippen LogP contribution >= 0.6 is 11.6 Å². The highest BCUT2D eigenvalue weighted by Crippen LogP contribution is 2.45. The number of anilines is 1. The van der Waals surface area contributed by atoms with Gasteiger partial charge >= 0.3 is 0 Å². The first-order valence-corrected chi connectivity index (χ1v) is 6.42. The van der Waals surface area contributed by atoms with E-state index in [1.807, 2.05) is 18.2 Å². The number of ether oxygens (including phenoxy) is 1. The van der Waals surface area contributed by atoms with Crippen molar-refractivity contribution in [3.63, 3.8) is 0 Å². The summed E-state index contributed by atoms with van der Waals surface area (Å²) in [6, 6.07) is 7.46. The molecule has 0 bridgehead atoms. The highest BCUT2D eigenvalue weighted by molar-refractivity contribution is 6.19. The van der Waals surface area contributed by atoms with Gasteiger partial charge in [0.05, 0.1) is 7.11 Å². The predicted octanol–water partition coefficient (Wildman–Crippen LogP) is 3.30. The number of fused-ring (bicyclic) bond motifs is 3. The van der Waals surface area contributed by atoms with Crippen LogP contribution in [0.3, 0.4) is 0 Å². The van der Waals surface area contributed by atoms with Crippen molar-refractivity contribution in [1.82, 2.24) is 0 Å². The molecule has 0 fully saturated rings. The third kappa shape index (κ3) is 1.51. The maximum Gasteiger partial charge on any atom is 0.127 e. The largest absolute Gasteiger partial charge is 0.507 e. The first kappa shape index (κ1) is 11.5. The molecule has 2 N–H and O–H groups in total. The smallest absolute Gasteiger partial charge is 0.127 e. The number of phenols is 1. The number of phenolic OH excluding ortho intramolecular Hbond substituents is 1. The number of methoxy groups -OCH3 is 1. The maximum atomic E-state index is 10.1. The van der Waals surface area contributed by atoms with Crippen LogP contribution in [0, 0.1) is 0 Å². The van der Waals surface area contributed by atoms with Crippen molar-refractivity contribution < 1.29 is 9.84 Å². The zero-order valence-electron chi connectivity index (χ0n) is 10.0. The summed E-state index contributed by atoms with van der Waals surface area (Å²) in [6.45, 7) is 0.801. The lowest BCUT2D eigenvalue weighted by Crippen LogP contribution is -2.03. The van der Waals surface area contributed by atoms with E-state index < -0.39 is 0 Å². The molecule has 94 valence electrons. The minimum atomic E-state index is 0.251. The maximum absolute atomic E-state index is 10.1. The Hall–Kier alpha value is -1.61. The molecule has 0 amide bonds. The second kappa shape index (κ2) is 4.25. The number of alkyl halides is 1. The van der Waals surface area contributed by atoms with Crippen LogP contribution in [-0.4, -0.2) is 24.6 Å². The van der Waals surface area contributed by atoms with Crippen molar-refractivity contribution in [1.29, 1.82) is 0 Å². The number of hydrogen-bond acceptors (Lipinski definition) is 3. The Bertz CT molecular complexity index is 612. The van der Waals surface area contributed by atoms with Gasteiger partial charge in [0.1, 0.15) is 11.5 Å². The van der Waals surface area contributed by atoms with Crippen LogP contribution in [0.25, 0.3) is 10.8 Å². The van der Waals surface area contributed by atoms with Crippen molar-refractivity contribution in [2.45, 2.75) is 5.92 Å². The summed E-state index contributed by atoms with van der Waals surface area (Å²) >= 11 is 6.03. The van der Waals surface area contributed by atoms with Crippen molar-refractivity contribution in [3.8, 4) is 11.5 Å². The first-order chi connectivity index (χ1) is 8.76. The van der Waals surface area contributed by atoms with Gasteiger partial charge in [-0.05, 0) is 11.6 Å². The van der Waals surface area contributed by atoms with Crippen molar-refractivity contribution >= 4 is 28.1 Å². The Morgan fingerprint density at radius 1 is 1.50 bits per heavy atom. The second-order valence-electron chi connectivity index (χ2n) is 4.47. The van der Waals surface area contributed by atoms with E-state index in [0.29, 0.717) is 5.88 Å². The Morgan fingerprint density at radius 2 is 2.33 bits per heavy atom. The molecule has 0 radical (unpaired) electrons. The number of nitrogens with one attached hydrogen (secondary N) is 1. The van der Waals surface area contributed by atoms with E-state index >= 15 is 0 Å². The fraction of sp³-hybridized carbons (Fsp3) is 0.286. The summed E-state index contributed by atoms with van der Waals surface area (Å²) in [6.07, 6.45) is 0. The zero-order valence-corrected chi connectivity index (χ0v) is 10.8. The molecule has 0 saturated heterocycles. The Labute approximate surface area is 110 Å². The quantitative estimate of drug-likeness (QED) is 0.817. The van der Waals surface area contributed by atoms with Crippen LogP contribution < -0.4 is 10.1 Å². The highest BCUT2D eigenvalue weighted by Gasteiger charge is 2.26. The van der Waals surface area contributed by atoms with Gasteiger partial charge in [0.25, 0.3) is 0 Å². The topological polar surface area (TPSA) is 41.5 Å². The molecule has 0 aromatic heterocycles. The van der Waals surface area contributed by atoms with E-state index in [4.69, 9.17) is 16.3 Å². The van der Waals surface area contributed by atoms with E-state index in [0.717, 1.165) is 34.3 Å². The van der Waals surface area contributed by atoms with Crippen LogP contribution in [0.1, 0.15) is 11.5 Å². The van der Waals surface area contributed by atoms with Gasteiger partial charge in [-0.25, -0.2) is 0 Å². The van der Waals surface area contributed by atoms with Crippen molar-refractivity contribution in [2.24, 2.45) is 0 Å². The summed E-state index contributed by atoms with van der Waals surface area (Å²) in [5, 5.41) is 15.1. The lowest BCUT2D eigenvalue weighted by molar-refractivity contribution is 0.419. The Morgan fingerprint density at radius 3 is 3.06 bits per heavy atom. The van der Waals surface area contributed by atoms with Crippen LogP contribution in [-0.2, 0) is 0 Å². The van der Waals surface area contributed by atoms with E-state index in [1.54, 1.807) is 13.2 Å². The van der Waals surface area contributed by atoms with Gasteiger partial charge in [0, 0.05) is 40.9 Å². The molecule has 1 heterocycles. The van der Waals surface area contributed by atoms with Gasteiger partial charge in [0.15, 0.2) is 0 Å². The summed E-state index contributed by atoms with van der Waals surface area (Å²) in [7, 11) is 1.64. The minimum absolute atomic E-state index is 0.251. The Kier molecular flexibility index (Phi) is 2.71. The van der Waals surface area contributed by atoms with E-state index in [9.17, 15) is 5.11 Å². The third-order valence-corrected chi connectivity index (χ3v) is 3.87. The number of halogens is 1. The highest BCUT2D eigenvalue weighted by atomic mass is 35.5. The van der Waals surface area contributed by atoms with Gasteiger partial charge < -0.3 is 15.2 Å². The fourth-order valence-corrected chi connectivity index (χ4v) is 2.92. The summed E-state index contributed by atoms with van der Waals surface area (Å²) in [4.78, 5) is 0. The lowest BCUT2D eigenvalue weighted by Gasteiger charge is -2.14. The van der Waals surface area contributed by atoms with Gasteiger partial charge in [-0.15, -0.1) is 11.6 Å². The van der Waals surface area contributed by atoms with Gasteiger partial charge in [0.2, 0.25) is 0 Å². The summed E-state index contributed by atoms with van der Waals surface area (Å²) in [5.74, 6) is 1.85. The van der Waals surface area contributed by atoms with Crippen molar-refractivity contribution in [3.05, 3.63) is 29.8 Å². The average Bonchev–Trinajstić information content (AvgIpc) is 2.81. The third-order valence-electron chi connectivity index (χ3n) is 3.50. The van der Waals surface area contributed by atoms with Gasteiger partial charge in [-0.3, -0.25) is 0 Å². The minimum Gasteiger partial charge on any atom is -0.507 e. The SMILES string of the molecule is COc1cccc2c(O)cc3c(c12)C(CCl)CN3. The van der Waals surface area contributed by atoms with Crippen LogP contribution in [0.15, 0.2) is 24.3 Å². The molecule has 0 aliphatic carbocycles. The zero-order chi connectivity index (χ0) is 12.7. The monoisotopic (exact) mass is 263 g/mol.